The maximum Gasteiger partial charge on any atom is 0.317 e. The van der Waals surface area contributed by atoms with E-state index in [0.29, 0.717) is 5.82 Å². The van der Waals surface area contributed by atoms with Gasteiger partial charge in [0.25, 0.3) is 0 Å². The van der Waals surface area contributed by atoms with E-state index in [1.165, 1.54) is 0 Å². The number of hydrazine groups is 1. The summed E-state index contributed by atoms with van der Waals surface area (Å²) in [6, 6.07) is 13.0. The van der Waals surface area contributed by atoms with Crippen molar-refractivity contribution in [2.24, 2.45) is 5.73 Å². The van der Waals surface area contributed by atoms with E-state index in [-0.39, 0.29) is 6.04 Å². The van der Waals surface area contributed by atoms with Gasteiger partial charge in [0, 0.05) is 11.9 Å². The Bertz CT molecular complexity index is 757. The lowest BCUT2D eigenvalue weighted by Crippen LogP contribution is -2.41. The van der Waals surface area contributed by atoms with E-state index >= 15 is 0 Å². The number of amides is 2. The Hall–Kier alpha value is -2.86. The number of nitrogens with two attached hydrogens (primary N) is 1. The third kappa shape index (κ3) is 2.89. The van der Waals surface area contributed by atoms with Crippen LogP contribution in [0.1, 0.15) is 24.2 Å². The molecule has 0 bridgehead atoms. The lowest BCUT2D eigenvalue weighted by atomic mass is 10.0. The van der Waals surface area contributed by atoms with Crippen molar-refractivity contribution >= 4 is 11.7 Å². The van der Waals surface area contributed by atoms with Crippen molar-refractivity contribution in [2.45, 2.75) is 19.9 Å². The van der Waals surface area contributed by atoms with Gasteiger partial charge in [-0.05, 0) is 43.2 Å². The van der Waals surface area contributed by atoms with Crippen molar-refractivity contribution in [3.05, 3.63) is 71.3 Å². The second kappa shape index (κ2) is 6.10. The van der Waals surface area contributed by atoms with Gasteiger partial charge < -0.3 is 5.73 Å². The van der Waals surface area contributed by atoms with Crippen molar-refractivity contribution in [2.75, 3.05) is 5.01 Å². The van der Waals surface area contributed by atoms with Crippen LogP contribution in [0.2, 0.25) is 0 Å². The number of aromatic nitrogens is 1. The molecular formula is C17H19N5O. The first kappa shape index (κ1) is 15.1. The summed E-state index contributed by atoms with van der Waals surface area (Å²) in [4.78, 5) is 15.7. The van der Waals surface area contributed by atoms with Crippen LogP contribution in [0.4, 0.5) is 10.5 Å². The van der Waals surface area contributed by atoms with Gasteiger partial charge in [-0.2, -0.15) is 0 Å². The smallest absolute Gasteiger partial charge is 0.317 e. The van der Waals surface area contributed by atoms with Gasteiger partial charge in [-0.15, -0.1) is 0 Å². The molecule has 0 spiro atoms. The summed E-state index contributed by atoms with van der Waals surface area (Å²) in [7, 11) is 0. The number of para-hydroxylation sites is 1. The summed E-state index contributed by atoms with van der Waals surface area (Å²) in [5.74, 6) is 0.650. The highest BCUT2D eigenvalue weighted by atomic mass is 16.2. The van der Waals surface area contributed by atoms with Gasteiger partial charge in [0.05, 0.1) is 11.7 Å². The van der Waals surface area contributed by atoms with Crippen LogP contribution in [-0.4, -0.2) is 11.0 Å². The molecule has 1 unspecified atom stereocenters. The third-order valence-electron chi connectivity index (χ3n) is 3.90. The predicted molar refractivity (Wildman–Crippen MR) is 89.2 cm³/mol. The minimum Gasteiger partial charge on any atom is -0.351 e. The number of benzene rings is 1. The van der Waals surface area contributed by atoms with E-state index in [4.69, 9.17) is 5.73 Å². The monoisotopic (exact) mass is 309 g/mol. The van der Waals surface area contributed by atoms with E-state index < -0.39 is 6.03 Å². The molecule has 1 aromatic carbocycles. The number of nitrogens with one attached hydrogen (secondary N) is 2. The largest absolute Gasteiger partial charge is 0.351 e. The fraction of sp³-hybridized carbons (Fsp3) is 0.176. The topological polar surface area (TPSA) is 83.3 Å². The number of primary amides is 1. The van der Waals surface area contributed by atoms with E-state index in [1.54, 1.807) is 6.20 Å². The highest BCUT2D eigenvalue weighted by molar-refractivity contribution is 5.76. The van der Waals surface area contributed by atoms with Crippen LogP contribution in [0, 0.1) is 6.92 Å². The van der Waals surface area contributed by atoms with Gasteiger partial charge in [0.15, 0.2) is 0 Å². The average Bonchev–Trinajstić information content (AvgIpc) is 2.85. The number of carbonyl (C=O) groups excluding carboxylic acids is 1. The van der Waals surface area contributed by atoms with Crippen LogP contribution in [-0.2, 0) is 0 Å². The predicted octanol–water partition coefficient (Wildman–Crippen LogP) is 2.36. The zero-order chi connectivity index (χ0) is 16.4. The van der Waals surface area contributed by atoms with Crippen molar-refractivity contribution in [1.29, 1.82) is 0 Å². The molecule has 0 saturated carbocycles. The van der Waals surface area contributed by atoms with E-state index in [9.17, 15) is 4.79 Å². The van der Waals surface area contributed by atoms with Gasteiger partial charge in [-0.1, -0.05) is 24.3 Å². The molecule has 2 amide bonds. The molecule has 4 N–H and O–H groups in total. The minimum absolute atomic E-state index is 0.0780. The molecule has 1 aromatic heterocycles. The van der Waals surface area contributed by atoms with Gasteiger partial charge in [0.2, 0.25) is 0 Å². The molecule has 1 atom stereocenters. The average molecular weight is 309 g/mol. The number of anilines is 1. The fourth-order valence-corrected chi connectivity index (χ4v) is 2.76. The second-order valence-corrected chi connectivity index (χ2v) is 5.43. The number of urea groups is 1. The molecule has 0 saturated heterocycles. The molecule has 2 heterocycles. The molecule has 6 nitrogen and oxygen atoms in total. The number of rotatable bonds is 3. The SMILES string of the molecule is CC1=C(NC(N)=O)N(c2ccccc2)NC1c1cccnc1C. The Morgan fingerprint density at radius 1 is 1.22 bits per heavy atom. The molecular weight excluding hydrogens is 290 g/mol. The first-order chi connectivity index (χ1) is 11.1. The van der Waals surface area contributed by atoms with Crippen LogP contribution < -0.4 is 21.5 Å². The summed E-state index contributed by atoms with van der Waals surface area (Å²) in [6.45, 7) is 3.94. The zero-order valence-corrected chi connectivity index (χ0v) is 13.1. The molecule has 0 fully saturated rings. The van der Waals surface area contributed by atoms with Crippen LogP contribution in [0.3, 0.4) is 0 Å². The normalized spacial score (nSPS) is 17.5. The molecule has 0 radical (unpaired) electrons. The number of hydrogen-bond donors (Lipinski definition) is 3. The summed E-state index contributed by atoms with van der Waals surface area (Å²) in [5.41, 5.74) is 12.7. The molecule has 3 rings (SSSR count). The van der Waals surface area contributed by atoms with Gasteiger partial charge in [0.1, 0.15) is 5.82 Å². The number of aryl methyl sites for hydroxylation is 1. The zero-order valence-electron chi connectivity index (χ0n) is 13.1. The van der Waals surface area contributed by atoms with Crippen molar-refractivity contribution in [3.63, 3.8) is 0 Å². The lowest BCUT2D eigenvalue weighted by Gasteiger charge is -2.24. The van der Waals surface area contributed by atoms with Crippen LogP contribution in [0.25, 0.3) is 0 Å². The maximum atomic E-state index is 11.4. The van der Waals surface area contributed by atoms with E-state index in [0.717, 1.165) is 22.5 Å². The molecule has 118 valence electrons. The molecule has 0 aliphatic carbocycles. The van der Waals surface area contributed by atoms with Crippen LogP contribution in [0.15, 0.2) is 60.1 Å². The van der Waals surface area contributed by atoms with Crippen molar-refractivity contribution in [1.82, 2.24) is 15.7 Å². The summed E-state index contributed by atoms with van der Waals surface area (Å²) >= 11 is 0. The second-order valence-electron chi connectivity index (χ2n) is 5.43. The number of nitrogens with zero attached hydrogens (tertiary/aromatic N) is 2. The quantitative estimate of drug-likeness (QED) is 0.812. The summed E-state index contributed by atoms with van der Waals surface area (Å²) in [5, 5.41) is 4.57. The third-order valence-corrected chi connectivity index (χ3v) is 3.90. The van der Waals surface area contributed by atoms with Crippen molar-refractivity contribution < 1.29 is 4.79 Å². The molecule has 1 aliphatic heterocycles. The van der Waals surface area contributed by atoms with E-state index in [1.807, 2.05) is 61.3 Å². The van der Waals surface area contributed by atoms with Gasteiger partial charge >= 0.3 is 6.03 Å². The fourth-order valence-electron chi connectivity index (χ4n) is 2.76. The number of pyridine rings is 1. The molecule has 2 aromatic rings. The lowest BCUT2D eigenvalue weighted by molar-refractivity contribution is 0.251. The highest BCUT2D eigenvalue weighted by Crippen LogP contribution is 2.34. The van der Waals surface area contributed by atoms with Crippen LogP contribution >= 0.6 is 0 Å². The standard InChI is InChI=1S/C17H19N5O/c1-11-15(14-9-6-10-19-12(14)2)21-22(16(11)20-17(18)23)13-7-4-3-5-8-13/h3-10,15,21H,1-2H3,(H3,18,20,23). The molecule has 6 heteroatoms. The minimum atomic E-state index is -0.592. The maximum absolute atomic E-state index is 11.4. The van der Waals surface area contributed by atoms with E-state index in [2.05, 4.69) is 15.7 Å². The van der Waals surface area contributed by atoms with Gasteiger partial charge in [-0.25, -0.2) is 10.2 Å². The summed E-state index contributed by atoms with van der Waals surface area (Å²) < 4.78 is 0. The first-order valence-corrected chi connectivity index (χ1v) is 7.38. The summed E-state index contributed by atoms with van der Waals surface area (Å²) in [6.07, 6.45) is 1.77. The Labute approximate surface area is 135 Å². The highest BCUT2D eigenvalue weighted by Gasteiger charge is 2.32. The Morgan fingerprint density at radius 3 is 2.61 bits per heavy atom. The Kier molecular flexibility index (Phi) is 3.99. The molecule has 1 aliphatic rings. The number of hydrogen-bond acceptors (Lipinski definition) is 4. The van der Waals surface area contributed by atoms with Crippen molar-refractivity contribution in [3.8, 4) is 0 Å². The van der Waals surface area contributed by atoms with Crippen LogP contribution in [0.5, 0.6) is 0 Å². The first-order valence-electron chi connectivity index (χ1n) is 7.38. The molecule has 23 heavy (non-hydrogen) atoms. The Morgan fingerprint density at radius 2 is 1.96 bits per heavy atom. The number of carbonyl (C=O) groups is 1. The van der Waals surface area contributed by atoms with Gasteiger partial charge in [-0.3, -0.25) is 15.3 Å². The Balaban J connectivity index is 2.03.